The Hall–Kier alpha value is -1.86. The zero-order valence-electron chi connectivity index (χ0n) is 9.85. The molecule has 1 heteroatoms. The Balaban J connectivity index is 2.43. The van der Waals surface area contributed by atoms with Crippen LogP contribution in [0.5, 0.6) is 0 Å². The van der Waals surface area contributed by atoms with Crippen molar-refractivity contribution in [3.63, 3.8) is 0 Å². The Kier molecular flexibility index (Phi) is 2.34. The van der Waals surface area contributed by atoms with Gasteiger partial charge in [-0.25, -0.2) is 0 Å². The maximum absolute atomic E-state index is 6.02. The minimum Gasteiger partial charge on any atom is -0.324 e. The van der Waals surface area contributed by atoms with Crippen molar-refractivity contribution in [1.29, 1.82) is 0 Å². The highest BCUT2D eigenvalue weighted by Gasteiger charge is 2.05. The zero-order chi connectivity index (χ0) is 11.8. The van der Waals surface area contributed by atoms with Crippen LogP contribution >= 0.6 is 0 Å². The first-order valence-corrected chi connectivity index (χ1v) is 5.93. The second-order valence-corrected chi connectivity index (χ2v) is 4.56. The van der Waals surface area contributed by atoms with Gasteiger partial charge in [-0.05, 0) is 46.2 Å². The van der Waals surface area contributed by atoms with Crippen molar-refractivity contribution in [1.82, 2.24) is 0 Å². The molecule has 3 aromatic carbocycles. The molecule has 3 aromatic rings. The Morgan fingerprint density at radius 3 is 2.18 bits per heavy atom. The summed E-state index contributed by atoms with van der Waals surface area (Å²) >= 11 is 0. The predicted molar refractivity (Wildman–Crippen MR) is 74.1 cm³/mol. The highest BCUT2D eigenvalue weighted by atomic mass is 14.6. The van der Waals surface area contributed by atoms with E-state index in [0.717, 1.165) is 0 Å². The summed E-state index contributed by atoms with van der Waals surface area (Å²) in [5.74, 6) is 0. The summed E-state index contributed by atoms with van der Waals surface area (Å²) in [6, 6.07) is 19.3. The monoisotopic (exact) mass is 221 g/mol. The van der Waals surface area contributed by atoms with E-state index in [1.807, 2.05) is 6.92 Å². The standard InChI is InChI=1S/C16H15N/c1-11(17)15-8-4-7-14-9-12-5-2-3-6-13(12)10-16(14)15/h2-11H,17H2,1H3. The zero-order valence-corrected chi connectivity index (χ0v) is 9.85. The average Bonchev–Trinajstić information content (AvgIpc) is 2.35. The van der Waals surface area contributed by atoms with Gasteiger partial charge in [0.05, 0.1) is 0 Å². The molecule has 84 valence electrons. The number of nitrogens with two attached hydrogens (primary N) is 1. The van der Waals surface area contributed by atoms with Crippen molar-refractivity contribution in [3.8, 4) is 0 Å². The minimum atomic E-state index is 0.0693. The maximum atomic E-state index is 6.02. The van der Waals surface area contributed by atoms with Gasteiger partial charge >= 0.3 is 0 Å². The number of fused-ring (bicyclic) bond motifs is 2. The molecule has 0 amide bonds. The molecule has 0 fully saturated rings. The predicted octanol–water partition coefficient (Wildman–Crippen LogP) is 4.01. The molecule has 0 saturated carbocycles. The third-order valence-corrected chi connectivity index (χ3v) is 3.27. The quantitative estimate of drug-likeness (QED) is 0.617. The summed E-state index contributed by atoms with van der Waals surface area (Å²) in [5.41, 5.74) is 7.24. The second kappa shape index (κ2) is 3.86. The molecule has 1 nitrogen and oxygen atoms in total. The van der Waals surface area contributed by atoms with E-state index in [-0.39, 0.29) is 6.04 Å². The molecule has 0 heterocycles. The first-order valence-electron chi connectivity index (χ1n) is 5.93. The summed E-state index contributed by atoms with van der Waals surface area (Å²) in [6.07, 6.45) is 0. The first kappa shape index (κ1) is 10.3. The van der Waals surface area contributed by atoms with Gasteiger partial charge in [0.25, 0.3) is 0 Å². The summed E-state index contributed by atoms with van der Waals surface area (Å²) in [5, 5.41) is 5.08. The molecule has 0 saturated heterocycles. The fraction of sp³-hybridized carbons (Fsp3) is 0.125. The van der Waals surface area contributed by atoms with E-state index in [1.54, 1.807) is 0 Å². The third kappa shape index (κ3) is 1.69. The van der Waals surface area contributed by atoms with Crippen LogP contribution in [0.1, 0.15) is 18.5 Å². The van der Waals surface area contributed by atoms with Crippen LogP contribution in [0.3, 0.4) is 0 Å². The average molecular weight is 221 g/mol. The van der Waals surface area contributed by atoms with Crippen LogP contribution in [0.4, 0.5) is 0 Å². The fourth-order valence-corrected chi connectivity index (χ4v) is 2.39. The highest BCUT2D eigenvalue weighted by molar-refractivity contribution is 5.99. The van der Waals surface area contributed by atoms with Gasteiger partial charge in [0.15, 0.2) is 0 Å². The van der Waals surface area contributed by atoms with E-state index in [1.165, 1.54) is 27.1 Å². The molecular formula is C16H15N. The van der Waals surface area contributed by atoms with E-state index in [0.29, 0.717) is 0 Å². The Morgan fingerprint density at radius 2 is 1.47 bits per heavy atom. The molecule has 0 bridgehead atoms. The lowest BCUT2D eigenvalue weighted by molar-refractivity contribution is 0.827. The van der Waals surface area contributed by atoms with E-state index in [2.05, 4.69) is 54.6 Å². The normalized spacial score (nSPS) is 13.1. The number of benzene rings is 3. The van der Waals surface area contributed by atoms with E-state index in [9.17, 15) is 0 Å². The van der Waals surface area contributed by atoms with Crippen molar-refractivity contribution < 1.29 is 0 Å². The number of hydrogen-bond acceptors (Lipinski definition) is 1. The molecule has 0 spiro atoms. The van der Waals surface area contributed by atoms with Crippen molar-refractivity contribution in [2.45, 2.75) is 13.0 Å². The lowest BCUT2D eigenvalue weighted by Crippen LogP contribution is -2.05. The Labute approximate surface area is 101 Å². The van der Waals surface area contributed by atoms with Crippen molar-refractivity contribution in [2.24, 2.45) is 5.73 Å². The molecule has 0 aromatic heterocycles. The van der Waals surface area contributed by atoms with Crippen LogP contribution in [0.2, 0.25) is 0 Å². The molecular weight excluding hydrogens is 206 g/mol. The number of hydrogen-bond donors (Lipinski definition) is 1. The van der Waals surface area contributed by atoms with Crippen molar-refractivity contribution in [2.75, 3.05) is 0 Å². The SMILES string of the molecule is CC(N)c1cccc2cc3ccccc3cc12. The number of rotatable bonds is 1. The topological polar surface area (TPSA) is 26.0 Å². The minimum absolute atomic E-state index is 0.0693. The van der Waals surface area contributed by atoms with E-state index in [4.69, 9.17) is 5.73 Å². The van der Waals surface area contributed by atoms with Gasteiger partial charge in [0.2, 0.25) is 0 Å². The molecule has 3 rings (SSSR count). The summed E-state index contributed by atoms with van der Waals surface area (Å²) in [6.45, 7) is 2.03. The van der Waals surface area contributed by atoms with E-state index >= 15 is 0 Å². The molecule has 0 aliphatic rings. The van der Waals surface area contributed by atoms with Crippen LogP contribution < -0.4 is 5.73 Å². The fourth-order valence-electron chi connectivity index (χ4n) is 2.39. The lowest BCUT2D eigenvalue weighted by atomic mass is 9.97. The maximum Gasteiger partial charge on any atom is 0.0272 e. The van der Waals surface area contributed by atoms with Crippen LogP contribution in [0.15, 0.2) is 54.6 Å². The molecule has 17 heavy (non-hydrogen) atoms. The van der Waals surface area contributed by atoms with Gasteiger partial charge in [0, 0.05) is 6.04 Å². The van der Waals surface area contributed by atoms with Crippen molar-refractivity contribution >= 4 is 21.5 Å². The van der Waals surface area contributed by atoms with Gasteiger partial charge in [-0.1, -0.05) is 42.5 Å². The molecule has 0 aliphatic heterocycles. The van der Waals surface area contributed by atoms with Gasteiger partial charge in [-0.2, -0.15) is 0 Å². The lowest BCUT2D eigenvalue weighted by Gasteiger charge is -2.11. The van der Waals surface area contributed by atoms with Gasteiger partial charge in [0.1, 0.15) is 0 Å². The van der Waals surface area contributed by atoms with Gasteiger partial charge < -0.3 is 5.73 Å². The largest absolute Gasteiger partial charge is 0.324 e. The molecule has 1 unspecified atom stereocenters. The molecule has 2 N–H and O–H groups in total. The highest BCUT2D eigenvalue weighted by Crippen LogP contribution is 2.27. The van der Waals surface area contributed by atoms with Crippen LogP contribution in [-0.2, 0) is 0 Å². The van der Waals surface area contributed by atoms with Crippen LogP contribution in [0.25, 0.3) is 21.5 Å². The summed E-state index contributed by atoms with van der Waals surface area (Å²) in [7, 11) is 0. The van der Waals surface area contributed by atoms with Crippen LogP contribution in [0, 0.1) is 0 Å². The first-order chi connectivity index (χ1) is 8.25. The smallest absolute Gasteiger partial charge is 0.0272 e. The molecule has 1 atom stereocenters. The van der Waals surface area contributed by atoms with E-state index < -0.39 is 0 Å². The van der Waals surface area contributed by atoms with Crippen molar-refractivity contribution in [3.05, 3.63) is 60.2 Å². The molecule has 0 radical (unpaired) electrons. The summed E-state index contributed by atoms with van der Waals surface area (Å²) in [4.78, 5) is 0. The molecule has 0 aliphatic carbocycles. The summed E-state index contributed by atoms with van der Waals surface area (Å²) < 4.78 is 0. The van der Waals surface area contributed by atoms with Gasteiger partial charge in [-0.3, -0.25) is 0 Å². The Morgan fingerprint density at radius 1 is 0.824 bits per heavy atom. The van der Waals surface area contributed by atoms with Gasteiger partial charge in [-0.15, -0.1) is 0 Å². The van der Waals surface area contributed by atoms with Crippen LogP contribution in [-0.4, -0.2) is 0 Å². The second-order valence-electron chi connectivity index (χ2n) is 4.56. The Bertz CT molecular complexity index is 683. The third-order valence-electron chi connectivity index (χ3n) is 3.27.